The van der Waals surface area contributed by atoms with Gasteiger partial charge in [0.25, 0.3) is 15.9 Å². The van der Waals surface area contributed by atoms with Crippen molar-refractivity contribution in [3.63, 3.8) is 0 Å². The Hall–Kier alpha value is -3.02. The zero-order valence-electron chi connectivity index (χ0n) is 16.3. The number of anilines is 1. The zero-order valence-corrected chi connectivity index (χ0v) is 17.9. The Kier molecular flexibility index (Phi) is 6.98. The summed E-state index contributed by atoms with van der Waals surface area (Å²) in [4.78, 5) is 12.2. The summed E-state index contributed by atoms with van der Waals surface area (Å²) in [7, 11) is -2.30. The van der Waals surface area contributed by atoms with Crippen molar-refractivity contribution in [2.24, 2.45) is 0 Å². The Labute approximate surface area is 178 Å². The van der Waals surface area contributed by atoms with E-state index in [-0.39, 0.29) is 28.5 Å². The Morgan fingerprint density at radius 1 is 1.10 bits per heavy atom. The molecule has 0 saturated carbocycles. The van der Waals surface area contributed by atoms with Crippen LogP contribution >= 0.6 is 11.3 Å². The Bertz CT molecular complexity index is 1110. The second-order valence-electron chi connectivity index (χ2n) is 6.12. The number of aromatic nitrogens is 2. The van der Waals surface area contributed by atoms with E-state index < -0.39 is 10.0 Å². The van der Waals surface area contributed by atoms with Crippen LogP contribution in [0.2, 0.25) is 0 Å². The molecule has 2 aromatic carbocycles. The third-order valence-corrected chi connectivity index (χ3v) is 6.53. The lowest BCUT2D eigenvalue weighted by atomic mass is 10.1. The molecule has 9 nitrogen and oxygen atoms in total. The summed E-state index contributed by atoms with van der Waals surface area (Å²) in [6, 6.07) is 13.9. The molecule has 3 aromatic rings. The maximum atomic E-state index is 12.4. The number of methoxy groups -OCH3 is 1. The molecule has 0 aliphatic rings. The first-order chi connectivity index (χ1) is 14.4. The first kappa shape index (κ1) is 21.7. The van der Waals surface area contributed by atoms with E-state index in [1.807, 2.05) is 13.0 Å². The van der Waals surface area contributed by atoms with Crippen LogP contribution in [0.5, 0.6) is 11.5 Å². The predicted octanol–water partition coefficient (Wildman–Crippen LogP) is 2.46. The highest BCUT2D eigenvalue weighted by atomic mass is 32.2. The first-order valence-corrected chi connectivity index (χ1v) is 11.2. The lowest BCUT2D eigenvalue weighted by Crippen LogP contribution is -2.28. The maximum absolute atomic E-state index is 12.4. The van der Waals surface area contributed by atoms with Gasteiger partial charge >= 0.3 is 0 Å². The molecule has 30 heavy (non-hydrogen) atoms. The van der Waals surface area contributed by atoms with Crippen LogP contribution in [-0.4, -0.2) is 44.8 Å². The van der Waals surface area contributed by atoms with Gasteiger partial charge in [0.15, 0.2) is 0 Å². The number of hydrogen-bond acceptors (Lipinski definition) is 8. The van der Waals surface area contributed by atoms with Gasteiger partial charge in [-0.25, -0.2) is 13.1 Å². The van der Waals surface area contributed by atoms with Crippen LogP contribution in [0.3, 0.4) is 0 Å². The van der Waals surface area contributed by atoms with Crippen LogP contribution in [-0.2, 0) is 10.0 Å². The molecule has 0 atom stereocenters. The van der Waals surface area contributed by atoms with Gasteiger partial charge in [-0.3, -0.25) is 10.1 Å². The van der Waals surface area contributed by atoms with Crippen molar-refractivity contribution in [1.82, 2.24) is 14.9 Å². The maximum Gasteiger partial charge on any atom is 0.269 e. The van der Waals surface area contributed by atoms with Gasteiger partial charge in [0.2, 0.25) is 9.47 Å². The van der Waals surface area contributed by atoms with Crippen LogP contribution in [0.4, 0.5) is 5.13 Å². The van der Waals surface area contributed by atoms with E-state index in [0.717, 1.165) is 16.9 Å². The number of aryl methyl sites for hydroxylation is 1. The molecule has 0 aliphatic carbocycles. The van der Waals surface area contributed by atoms with Crippen molar-refractivity contribution in [2.45, 2.75) is 11.3 Å². The van der Waals surface area contributed by atoms with Gasteiger partial charge in [0.1, 0.15) is 18.1 Å². The molecule has 0 spiro atoms. The summed E-state index contributed by atoms with van der Waals surface area (Å²) in [5.74, 6) is 0.899. The molecule has 1 aromatic heterocycles. The average Bonchev–Trinajstić information content (AvgIpc) is 3.21. The minimum absolute atomic E-state index is 0.0406. The highest BCUT2D eigenvalue weighted by Gasteiger charge is 2.21. The van der Waals surface area contributed by atoms with Crippen molar-refractivity contribution in [3.8, 4) is 11.5 Å². The van der Waals surface area contributed by atoms with Crippen LogP contribution < -0.4 is 19.5 Å². The fourth-order valence-corrected chi connectivity index (χ4v) is 4.35. The number of hydrogen-bond donors (Lipinski definition) is 2. The fourth-order valence-electron chi connectivity index (χ4n) is 2.40. The molecule has 0 unspecified atom stereocenters. The highest BCUT2D eigenvalue weighted by molar-refractivity contribution is 7.91. The van der Waals surface area contributed by atoms with Gasteiger partial charge in [-0.1, -0.05) is 29.0 Å². The largest absolute Gasteiger partial charge is 0.497 e. The van der Waals surface area contributed by atoms with Crippen molar-refractivity contribution in [1.29, 1.82) is 0 Å². The Morgan fingerprint density at radius 2 is 1.83 bits per heavy atom. The zero-order chi connectivity index (χ0) is 21.6. The topological polar surface area (TPSA) is 120 Å². The molecule has 0 aliphatic heterocycles. The van der Waals surface area contributed by atoms with Gasteiger partial charge in [-0.2, -0.15) is 0 Å². The van der Waals surface area contributed by atoms with Gasteiger partial charge < -0.3 is 9.47 Å². The van der Waals surface area contributed by atoms with Gasteiger partial charge in [0.05, 0.1) is 7.11 Å². The lowest BCUT2D eigenvalue weighted by Gasteiger charge is -2.07. The Balaban J connectivity index is 1.52. The van der Waals surface area contributed by atoms with Crippen LogP contribution in [0.1, 0.15) is 15.9 Å². The molecule has 158 valence electrons. The van der Waals surface area contributed by atoms with E-state index in [0.29, 0.717) is 17.1 Å². The smallest absolute Gasteiger partial charge is 0.269 e. The number of sulfonamides is 1. The molecular weight excluding hydrogens is 428 g/mol. The van der Waals surface area contributed by atoms with E-state index in [4.69, 9.17) is 9.47 Å². The van der Waals surface area contributed by atoms with Crippen LogP contribution in [0.15, 0.2) is 52.9 Å². The summed E-state index contributed by atoms with van der Waals surface area (Å²) in [6.45, 7) is 2.04. The van der Waals surface area contributed by atoms with Gasteiger partial charge in [-0.05, 0) is 43.3 Å². The number of amides is 1. The number of benzene rings is 2. The highest BCUT2D eigenvalue weighted by Crippen LogP contribution is 2.21. The number of nitrogens with zero attached hydrogens (tertiary/aromatic N) is 2. The van der Waals surface area contributed by atoms with Crippen LogP contribution in [0, 0.1) is 6.92 Å². The molecule has 11 heteroatoms. The molecule has 0 fully saturated rings. The van der Waals surface area contributed by atoms with Crippen molar-refractivity contribution in [2.75, 3.05) is 25.6 Å². The molecule has 1 amide bonds. The molecule has 0 saturated heterocycles. The van der Waals surface area contributed by atoms with E-state index in [1.54, 1.807) is 49.6 Å². The summed E-state index contributed by atoms with van der Waals surface area (Å²) < 4.78 is 37.4. The SMILES string of the molecule is COc1ccc(OCCNS(=O)(=O)c2nnc(NC(=O)c3cccc(C)c3)s2)cc1. The van der Waals surface area contributed by atoms with E-state index in [1.165, 1.54) is 0 Å². The van der Waals surface area contributed by atoms with Gasteiger partial charge in [-0.15, -0.1) is 10.2 Å². The van der Waals surface area contributed by atoms with Crippen molar-refractivity contribution >= 4 is 32.4 Å². The summed E-state index contributed by atoms with van der Waals surface area (Å²) in [6.07, 6.45) is 0. The minimum Gasteiger partial charge on any atom is -0.497 e. The van der Waals surface area contributed by atoms with Gasteiger partial charge in [0, 0.05) is 12.1 Å². The normalized spacial score (nSPS) is 11.1. The van der Waals surface area contributed by atoms with E-state index >= 15 is 0 Å². The Morgan fingerprint density at radius 3 is 2.53 bits per heavy atom. The second-order valence-corrected chi connectivity index (χ2v) is 9.04. The number of carbonyl (C=O) groups is 1. The predicted molar refractivity (Wildman–Crippen MR) is 113 cm³/mol. The summed E-state index contributed by atoms with van der Waals surface area (Å²) in [5.41, 5.74) is 1.38. The molecule has 0 bridgehead atoms. The molecule has 0 radical (unpaired) electrons. The lowest BCUT2D eigenvalue weighted by molar-refractivity contribution is 0.102. The number of rotatable bonds is 9. The molecule has 3 rings (SSSR count). The van der Waals surface area contributed by atoms with Crippen molar-refractivity contribution in [3.05, 3.63) is 59.7 Å². The third kappa shape index (κ3) is 5.75. The van der Waals surface area contributed by atoms with Crippen molar-refractivity contribution < 1.29 is 22.7 Å². The minimum atomic E-state index is -3.87. The van der Waals surface area contributed by atoms with E-state index in [2.05, 4.69) is 20.2 Å². The summed E-state index contributed by atoms with van der Waals surface area (Å²) in [5, 5.41) is 10.0. The quantitative estimate of drug-likeness (QED) is 0.381. The standard InChI is InChI=1S/C19H20N4O5S2/c1-13-4-3-5-14(12-13)17(24)21-18-22-23-19(29-18)30(25,26)20-10-11-28-16-8-6-15(27-2)7-9-16/h3-9,12,20H,10-11H2,1-2H3,(H,21,22,24). The first-order valence-electron chi connectivity index (χ1n) is 8.85. The number of ether oxygens (including phenoxy) is 2. The second kappa shape index (κ2) is 9.65. The fraction of sp³-hybridized carbons (Fsp3) is 0.211. The molecule has 1 heterocycles. The van der Waals surface area contributed by atoms with E-state index in [9.17, 15) is 13.2 Å². The summed E-state index contributed by atoms with van der Waals surface area (Å²) >= 11 is 0.766. The number of carbonyl (C=O) groups excluding carboxylic acids is 1. The van der Waals surface area contributed by atoms with Crippen LogP contribution in [0.25, 0.3) is 0 Å². The third-order valence-electron chi connectivity index (χ3n) is 3.86. The average molecular weight is 449 g/mol. The molecule has 2 N–H and O–H groups in total. The molecular formula is C19H20N4O5S2. The number of nitrogens with one attached hydrogen (secondary N) is 2. The monoisotopic (exact) mass is 448 g/mol.